The smallest absolute Gasteiger partial charge is 0.297 e. The molecular formula is C27H40N5O11PS2. The van der Waals surface area contributed by atoms with Crippen LogP contribution < -0.4 is 0 Å². The molecule has 2 aromatic rings. The van der Waals surface area contributed by atoms with Gasteiger partial charge in [0.2, 0.25) is 20.0 Å². The second-order valence-corrected chi connectivity index (χ2v) is 16.1. The summed E-state index contributed by atoms with van der Waals surface area (Å²) in [6.45, 7) is 2.16. The average Bonchev–Trinajstić information content (AvgIpc) is 3.01. The number of nitrogens with zero attached hydrogens (tertiary/aromatic N) is 5. The molecule has 1 saturated heterocycles. The maximum atomic E-state index is 14.0. The van der Waals surface area contributed by atoms with Crippen molar-refractivity contribution >= 4 is 39.2 Å². The summed E-state index contributed by atoms with van der Waals surface area (Å²) >= 11 is 0. The molecule has 3 rings (SSSR count). The molecule has 0 N–H and O–H groups in total. The summed E-state index contributed by atoms with van der Waals surface area (Å²) < 4.78 is 83.8. The van der Waals surface area contributed by atoms with Crippen LogP contribution in [0.2, 0.25) is 0 Å². The van der Waals surface area contributed by atoms with E-state index < -0.39 is 58.8 Å². The van der Waals surface area contributed by atoms with E-state index in [-0.39, 0.29) is 52.5 Å². The van der Waals surface area contributed by atoms with Crippen molar-refractivity contribution in [2.24, 2.45) is 0 Å². The molecule has 0 atom stereocenters. The normalized spacial score (nSPS) is 17.7. The van der Waals surface area contributed by atoms with Crippen molar-refractivity contribution < 1.29 is 40.3 Å². The molecule has 256 valence electrons. The van der Waals surface area contributed by atoms with Gasteiger partial charge >= 0.3 is 7.75 Å². The Morgan fingerprint density at radius 2 is 1.02 bits per heavy atom. The third-order valence-corrected chi connectivity index (χ3v) is 13.5. The van der Waals surface area contributed by atoms with Crippen LogP contribution in [-0.2, 0) is 33.7 Å². The van der Waals surface area contributed by atoms with E-state index in [9.17, 15) is 41.6 Å². The number of benzene rings is 2. The highest BCUT2D eigenvalue weighted by Crippen LogP contribution is 2.51. The molecule has 1 aliphatic heterocycles. The van der Waals surface area contributed by atoms with Gasteiger partial charge in [0.25, 0.3) is 11.4 Å². The van der Waals surface area contributed by atoms with E-state index in [1.165, 1.54) is 28.9 Å². The molecule has 0 amide bonds. The van der Waals surface area contributed by atoms with Crippen LogP contribution in [0.25, 0.3) is 0 Å². The Morgan fingerprint density at radius 1 is 0.652 bits per heavy atom. The van der Waals surface area contributed by atoms with Crippen molar-refractivity contribution in [2.75, 3.05) is 52.5 Å². The van der Waals surface area contributed by atoms with Gasteiger partial charge in [0, 0.05) is 51.4 Å². The molecule has 1 fully saturated rings. The first-order chi connectivity index (χ1) is 21.8. The quantitative estimate of drug-likeness (QED) is 0.179. The molecule has 0 unspecified atom stereocenters. The van der Waals surface area contributed by atoms with Crippen LogP contribution in [0.5, 0.6) is 0 Å². The number of rotatable bonds is 11. The minimum atomic E-state index is -4.40. The third-order valence-electron chi connectivity index (χ3n) is 7.32. The van der Waals surface area contributed by atoms with Crippen LogP contribution in [0.1, 0.15) is 46.0 Å². The van der Waals surface area contributed by atoms with E-state index >= 15 is 0 Å². The summed E-state index contributed by atoms with van der Waals surface area (Å²) in [5.41, 5.74) is -1.16. The van der Waals surface area contributed by atoms with Gasteiger partial charge in [-0.2, -0.15) is 8.61 Å². The molecule has 0 aliphatic carbocycles. The highest BCUT2D eigenvalue weighted by molar-refractivity contribution is 7.89. The van der Waals surface area contributed by atoms with E-state index in [0.29, 0.717) is 32.1 Å². The topological polar surface area (TPSA) is 200 Å². The summed E-state index contributed by atoms with van der Waals surface area (Å²) in [6, 6.07) is 10.0. The molecule has 0 radical (unpaired) electrons. The second-order valence-electron chi connectivity index (χ2n) is 10.3. The summed E-state index contributed by atoms with van der Waals surface area (Å²) in [6.07, 6.45) is 2.63. The first kappa shape index (κ1) is 37.6. The zero-order chi connectivity index (χ0) is 34.0. The molecule has 46 heavy (non-hydrogen) atoms. The van der Waals surface area contributed by atoms with Crippen molar-refractivity contribution in [3.63, 3.8) is 0 Å². The maximum Gasteiger partial charge on any atom is 0.408 e. The minimum Gasteiger partial charge on any atom is -0.297 e. The maximum absolute atomic E-state index is 14.0. The first-order valence-electron chi connectivity index (χ1n) is 14.9. The van der Waals surface area contributed by atoms with Gasteiger partial charge in [0.05, 0.1) is 23.1 Å². The number of nitro benzene ring substituents is 2. The summed E-state index contributed by atoms with van der Waals surface area (Å²) in [4.78, 5) is 20.9. The van der Waals surface area contributed by atoms with Gasteiger partial charge in [-0.25, -0.2) is 26.1 Å². The van der Waals surface area contributed by atoms with Gasteiger partial charge in [-0.05, 0) is 38.8 Å². The van der Waals surface area contributed by atoms with Crippen molar-refractivity contribution in [3.8, 4) is 0 Å². The van der Waals surface area contributed by atoms with Gasteiger partial charge in [-0.3, -0.25) is 29.3 Å². The van der Waals surface area contributed by atoms with E-state index in [2.05, 4.69) is 0 Å². The number of para-hydroxylation sites is 2. The molecular weight excluding hydrogens is 665 g/mol. The van der Waals surface area contributed by atoms with Crippen LogP contribution in [0.4, 0.5) is 11.4 Å². The van der Waals surface area contributed by atoms with Gasteiger partial charge in [0.15, 0.2) is 9.79 Å². The van der Waals surface area contributed by atoms with E-state index in [1.807, 2.05) is 0 Å². The van der Waals surface area contributed by atoms with Crippen LogP contribution >= 0.6 is 7.75 Å². The Labute approximate surface area is 269 Å². The van der Waals surface area contributed by atoms with Crippen molar-refractivity contribution in [2.45, 2.75) is 55.7 Å². The predicted molar refractivity (Wildman–Crippen MR) is 169 cm³/mol. The number of hydrogen-bond donors (Lipinski definition) is 0. The molecule has 0 aromatic heterocycles. The highest BCUT2D eigenvalue weighted by atomic mass is 32.2. The second kappa shape index (κ2) is 16.8. The SMILES string of the molecule is CCOP(=O)(OCC)N1CCN(S(=O)(=O)c2ccccc2[N+](=O)[O-])CCCCCCCN(S(=O)(=O)c2ccccc2[N+](=O)[O-])CC1. The summed E-state index contributed by atoms with van der Waals surface area (Å²) in [5.74, 6) is 0. The third kappa shape index (κ3) is 9.16. The molecule has 1 aliphatic rings. The molecule has 1 heterocycles. The fraction of sp³-hybridized carbons (Fsp3) is 0.556. The Kier molecular flexibility index (Phi) is 13.8. The fourth-order valence-electron chi connectivity index (χ4n) is 5.08. The largest absolute Gasteiger partial charge is 0.408 e. The molecule has 0 bridgehead atoms. The molecule has 16 nitrogen and oxygen atoms in total. The Balaban J connectivity index is 2.04. The van der Waals surface area contributed by atoms with E-state index in [1.54, 1.807) is 13.8 Å². The van der Waals surface area contributed by atoms with Gasteiger partial charge in [-0.1, -0.05) is 43.5 Å². The molecule has 0 spiro atoms. The lowest BCUT2D eigenvalue weighted by Gasteiger charge is -2.33. The first-order valence-corrected chi connectivity index (χ1v) is 19.3. The molecule has 2 aromatic carbocycles. The van der Waals surface area contributed by atoms with Crippen molar-refractivity contribution in [1.29, 1.82) is 0 Å². The lowest BCUT2D eigenvalue weighted by atomic mass is 10.1. The van der Waals surface area contributed by atoms with Gasteiger partial charge < -0.3 is 0 Å². The lowest BCUT2D eigenvalue weighted by molar-refractivity contribution is -0.388. The summed E-state index contributed by atoms with van der Waals surface area (Å²) in [5, 5.41) is 23.4. The monoisotopic (exact) mass is 705 g/mol. The molecule has 0 saturated carbocycles. The zero-order valence-corrected chi connectivity index (χ0v) is 28.3. The Bertz CT molecular complexity index is 1510. The number of sulfonamides is 2. The number of nitro groups is 2. The Hall–Kier alpha value is -2.83. The van der Waals surface area contributed by atoms with Gasteiger partial charge in [0.1, 0.15) is 0 Å². The van der Waals surface area contributed by atoms with Crippen LogP contribution in [-0.4, -0.2) is 92.4 Å². The minimum absolute atomic E-state index is 0.0357. The standard InChI is InChI=1S/C27H40N5O11PS2/c1-3-42-44(37,43-4-2)28-20-22-29(45(38,39)26-16-10-8-14-24(26)31(33)34)18-12-6-5-7-13-19-30(23-21-28)46(40,41)27-17-11-9-15-25(27)32(35)36/h8-11,14-17H,3-7,12-13,18-23H2,1-2H3. The van der Waals surface area contributed by atoms with Crippen LogP contribution in [0, 0.1) is 20.2 Å². The Morgan fingerprint density at radius 3 is 1.39 bits per heavy atom. The van der Waals surface area contributed by atoms with E-state index in [0.717, 1.165) is 32.9 Å². The number of hydrogen-bond acceptors (Lipinski definition) is 11. The zero-order valence-electron chi connectivity index (χ0n) is 25.8. The van der Waals surface area contributed by atoms with Crippen LogP contribution in [0.3, 0.4) is 0 Å². The fourth-order valence-corrected chi connectivity index (χ4v) is 10.1. The van der Waals surface area contributed by atoms with E-state index in [4.69, 9.17) is 9.05 Å². The van der Waals surface area contributed by atoms with Crippen LogP contribution in [0.15, 0.2) is 58.3 Å². The lowest BCUT2D eigenvalue weighted by Crippen LogP contribution is -2.43. The van der Waals surface area contributed by atoms with Crippen molar-refractivity contribution in [3.05, 3.63) is 68.8 Å². The van der Waals surface area contributed by atoms with Gasteiger partial charge in [-0.15, -0.1) is 0 Å². The predicted octanol–water partition coefficient (Wildman–Crippen LogP) is 4.63. The molecule has 19 heteroatoms. The van der Waals surface area contributed by atoms with Crippen molar-refractivity contribution in [1.82, 2.24) is 13.3 Å². The average molecular weight is 706 g/mol. The summed E-state index contributed by atoms with van der Waals surface area (Å²) in [7, 11) is -12.9. The highest BCUT2D eigenvalue weighted by Gasteiger charge is 2.38.